The van der Waals surface area contributed by atoms with Gasteiger partial charge in [-0.1, -0.05) is 12.8 Å². The smallest absolute Gasteiger partial charge is 0.180 e. The summed E-state index contributed by atoms with van der Waals surface area (Å²) in [5.41, 5.74) is 1.04. The van der Waals surface area contributed by atoms with Crippen molar-refractivity contribution >= 4 is 12.0 Å². The van der Waals surface area contributed by atoms with E-state index in [0.717, 1.165) is 42.8 Å². The summed E-state index contributed by atoms with van der Waals surface area (Å²) in [5, 5.41) is 3.46. The van der Waals surface area contributed by atoms with Gasteiger partial charge in [-0.05, 0) is 57.7 Å². The van der Waals surface area contributed by atoms with Gasteiger partial charge in [0.15, 0.2) is 24.9 Å². The van der Waals surface area contributed by atoms with E-state index in [-0.39, 0.29) is 5.82 Å². The minimum absolute atomic E-state index is 0.269. The van der Waals surface area contributed by atoms with E-state index >= 15 is 0 Å². The molecule has 0 radical (unpaired) electrons. The largest absolute Gasteiger partial charge is 0.494 e. The third-order valence-corrected chi connectivity index (χ3v) is 6.93. The first-order valence-electron chi connectivity index (χ1n) is 10.9. The summed E-state index contributed by atoms with van der Waals surface area (Å²) in [5.74, 6) is 0.0487. The summed E-state index contributed by atoms with van der Waals surface area (Å²) < 4.78 is 20.6. The van der Waals surface area contributed by atoms with Crippen LogP contribution in [0.2, 0.25) is 0 Å². The zero-order valence-electron chi connectivity index (χ0n) is 17.1. The van der Waals surface area contributed by atoms with Crippen molar-refractivity contribution < 1.29 is 9.13 Å². The van der Waals surface area contributed by atoms with E-state index in [4.69, 9.17) is 9.73 Å². The molecule has 4 rings (SSSR count). The zero-order valence-corrected chi connectivity index (χ0v) is 17.1. The van der Waals surface area contributed by atoms with Crippen molar-refractivity contribution in [2.75, 3.05) is 33.5 Å². The Balaban J connectivity index is 1.69. The minimum Gasteiger partial charge on any atom is -0.494 e. The molecule has 0 amide bonds. The maximum atomic E-state index is 14.7. The van der Waals surface area contributed by atoms with Crippen molar-refractivity contribution in [2.45, 2.75) is 63.5 Å². The first-order chi connectivity index (χ1) is 13.7. The lowest BCUT2D eigenvalue weighted by Crippen LogP contribution is -2.65. The molecule has 154 valence electrons. The van der Waals surface area contributed by atoms with Crippen LogP contribution in [0.5, 0.6) is 5.75 Å². The van der Waals surface area contributed by atoms with Crippen LogP contribution in [0.15, 0.2) is 23.2 Å². The Hall–Kier alpha value is -1.66. The standard InChI is InChI=1S/C22H34FN4O/c1-28-22-9-8-20(14-21(22)23)27(19-6-4-2-3-5-7-19)16-25-15-26(17-27)18-10-12-24-13-11-18/h8-9,14-15,18-19,24H,2-7,10-13,16-17H2,1H3/q+1. The maximum Gasteiger partial charge on any atom is 0.180 e. The number of piperidine rings is 1. The number of nitrogens with one attached hydrogen (secondary N) is 1. The molecule has 1 saturated heterocycles. The molecule has 3 aliphatic rings. The van der Waals surface area contributed by atoms with Gasteiger partial charge in [0.05, 0.1) is 19.5 Å². The second kappa shape index (κ2) is 8.78. The number of halogens is 1. The highest BCUT2D eigenvalue weighted by Gasteiger charge is 2.43. The summed E-state index contributed by atoms with van der Waals surface area (Å²) in [6.07, 6.45) is 11.9. The third-order valence-electron chi connectivity index (χ3n) is 6.93. The van der Waals surface area contributed by atoms with Gasteiger partial charge in [-0.15, -0.1) is 0 Å². The fourth-order valence-electron chi connectivity index (χ4n) is 5.30. The lowest BCUT2D eigenvalue weighted by atomic mass is 10.0. The van der Waals surface area contributed by atoms with Crippen LogP contribution in [0.25, 0.3) is 0 Å². The maximum absolute atomic E-state index is 14.7. The van der Waals surface area contributed by atoms with E-state index in [1.807, 2.05) is 0 Å². The number of quaternary nitrogens is 1. The molecule has 1 saturated carbocycles. The zero-order chi connectivity index (χ0) is 19.4. The molecule has 0 aromatic heterocycles. The molecule has 1 aromatic rings. The first-order valence-corrected chi connectivity index (χ1v) is 10.9. The minimum atomic E-state index is -0.269. The van der Waals surface area contributed by atoms with Crippen LogP contribution in [0.4, 0.5) is 10.1 Å². The Labute approximate surface area is 168 Å². The van der Waals surface area contributed by atoms with E-state index in [2.05, 4.69) is 22.6 Å². The van der Waals surface area contributed by atoms with E-state index in [1.54, 1.807) is 12.1 Å². The number of nitrogens with zero attached hydrogens (tertiary/aromatic N) is 3. The van der Waals surface area contributed by atoms with Crippen LogP contribution in [0.3, 0.4) is 0 Å². The van der Waals surface area contributed by atoms with Crippen LogP contribution in [0, 0.1) is 5.82 Å². The van der Waals surface area contributed by atoms with Gasteiger partial charge in [0.2, 0.25) is 0 Å². The van der Waals surface area contributed by atoms with E-state index in [1.165, 1.54) is 45.6 Å². The average Bonchev–Trinajstić information content (AvgIpc) is 3.04. The molecule has 2 heterocycles. The van der Waals surface area contributed by atoms with Crippen LogP contribution in [0.1, 0.15) is 51.4 Å². The Morgan fingerprint density at radius 2 is 1.86 bits per heavy atom. The average molecular weight is 390 g/mol. The third kappa shape index (κ3) is 3.90. The second-order valence-corrected chi connectivity index (χ2v) is 8.57. The Morgan fingerprint density at radius 3 is 2.54 bits per heavy atom. The fraction of sp³-hybridized carbons (Fsp3) is 0.682. The van der Waals surface area contributed by atoms with Crippen LogP contribution < -0.4 is 14.5 Å². The fourth-order valence-corrected chi connectivity index (χ4v) is 5.30. The molecule has 5 nitrogen and oxygen atoms in total. The molecule has 1 aromatic carbocycles. The summed E-state index contributed by atoms with van der Waals surface area (Å²) in [6, 6.07) is 6.57. The van der Waals surface area contributed by atoms with Gasteiger partial charge in [0.1, 0.15) is 5.69 Å². The van der Waals surface area contributed by atoms with Crippen LogP contribution in [-0.4, -0.2) is 56.9 Å². The predicted octanol–water partition coefficient (Wildman–Crippen LogP) is 3.88. The van der Waals surface area contributed by atoms with Gasteiger partial charge in [-0.3, -0.25) is 4.48 Å². The number of methoxy groups -OCH3 is 1. The molecule has 2 fully saturated rings. The lowest BCUT2D eigenvalue weighted by molar-refractivity contribution is 0.0894. The molecular weight excluding hydrogens is 355 g/mol. The summed E-state index contributed by atoms with van der Waals surface area (Å²) >= 11 is 0. The molecule has 0 bridgehead atoms. The first kappa shape index (κ1) is 19.6. The van der Waals surface area contributed by atoms with E-state index < -0.39 is 0 Å². The van der Waals surface area contributed by atoms with Crippen molar-refractivity contribution in [3.63, 3.8) is 0 Å². The number of benzene rings is 1. The topological polar surface area (TPSA) is 36.9 Å². The quantitative estimate of drug-likeness (QED) is 0.627. The number of hydrogen-bond donors (Lipinski definition) is 1. The molecular formula is C22H34FN4O+. The summed E-state index contributed by atoms with van der Waals surface area (Å²) in [7, 11) is 1.53. The number of hydrogen-bond acceptors (Lipinski definition) is 4. The second-order valence-electron chi connectivity index (χ2n) is 8.57. The van der Waals surface area contributed by atoms with Gasteiger partial charge in [0.25, 0.3) is 0 Å². The van der Waals surface area contributed by atoms with Gasteiger partial charge in [0, 0.05) is 18.2 Å². The molecule has 1 atom stereocenters. The molecule has 0 spiro atoms. The SMILES string of the molecule is COc1ccc([N+]2(C3CCCCCC3)CN=CN(C3CCNCC3)C2)cc1F. The number of aliphatic imine (C=N–C) groups is 1. The molecule has 2 aliphatic heterocycles. The van der Waals surface area contributed by atoms with Crippen molar-refractivity contribution in [1.29, 1.82) is 0 Å². The molecule has 1 unspecified atom stereocenters. The Kier molecular flexibility index (Phi) is 6.16. The van der Waals surface area contributed by atoms with Crippen molar-refractivity contribution in [1.82, 2.24) is 14.7 Å². The summed E-state index contributed by atoms with van der Waals surface area (Å²) in [6.45, 7) is 3.73. The Morgan fingerprint density at radius 1 is 1.11 bits per heavy atom. The van der Waals surface area contributed by atoms with E-state index in [0.29, 0.717) is 24.5 Å². The van der Waals surface area contributed by atoms with Crippen molar-refractivity contribution in [3.8, 4) is 5.75 Å². The predicted molar refractivity (Wildman–Crippen MR) is 112 cm³/mol. The molecule has 1 aliphatic carbocycles. The highest BCUT2D eigenvalue weighted by Crippen LogP contribution is 2.37. The number of ether oxygens (including phenoxy) is 1. The Bertz CT molecular complexity index is 683. The van der Waals surface area contributed by atoms with Gasteiger partial charge >= 0.3 is 0 Å². The van der Waals surface area contributed by atoms with Crippen LogP contribution >= 0.6 is 0 Å². The van der Waals surface area contributed by atoms with Crippen LogP contribution in [-0.2, 0) is 0 Å². The van der Waals surface area contributed by atoms with Crippen molar-refractivity contribution in [2.24, 2.45) is 4.99 Å². The highest BCUT2D eigenvalue weighted by atomic mass is 19.1. The molecule has 6 heteroatoms. The van der Waals surface area contributed by atoms with Gasteiger partial charge in [-0.25, -0.2) is 9.38 Å². The lowest BCUT2D eigenvalue weighted by Gasteiger charge is -2.49. The van der Waals surface area contributed by atoms with Gasteiger partial charge < -0.3 is 15.0 Å². The highest BCUT2D eigenvalue weighted by molar-refractivity contribution is 5.59. The molecule has 28 heavy (non-hydrogen) atoms. The monoisotopic (exact) mass is 389 g/mol. The van der Waals surface area contributed by atoms with E-state index in [9.17, 15) is 4.39 Å². The molecule has 1 N–H and O–H groups in total. The summed E-state index contributed by atoms with van der Waals surface area (Å²) in [4.78, 5) is 7.28. The number of rotatable bonds is 4. The normalized spacial score (nSPS) is 27.6. The van der Waals surface area contributed by atoms with Crippen molar-refractivity contribution in [3.05, 3.63) is 24.0 Å². The van der Waals surface area contributed by atoms with Gasteiger partial charge in [-0.2, -0.15) is 0 Å².